The molecule has 1 aromatic carbocycles. The molecule has 0 aliphatic carbocycles. The number of thiophene rings is 1. The molecule has 1 aliphatic rings. The van der Waals surface area contributed by atoms with Gasteiger partial charge in [0.1, 0.15) is 10.6 Å². The first-order valence-electron chi connectivity index (χ1n) is 10.2. The highest BCUT2D eigenvalue weighted by atomic mass is 32.1. The Kier molecular flexibility index (Phi) is 7.64. The lowest BCUT2D eigenvalue weighted by atomic mass is 10.0. The van der Waals surface area contributed by atoms with E-state index in [9.17, 15) is 4.79 Å². The molecule has 5 nitrogen and oxygen atoms in total. The van der Waals surface area contributed by atoms with Crippen LogP contribution in [0.25, 0.3) is 11.1 Å². The molecule has 2 aromatic rings. The van der Waals surface area contributed by atoms with Crippen LogP contribution in [0.15, 0.2) is 30.3 Å². The van der Waals surface area contributed by atoms with Crippen molar-refractivity contribution in [2.45, 2.75) is 27.2 Å². The van der Waals surface area contributed by atoms with E-state index in [1.54, 1.807) is 11.3 Å². The normalized spacial score (nSPS) is 14.7. The first-order chi connectivity index (χ1) is 14.0. The van der Waals surface area contributed by atoms with E-state index in [-0.39, 0.29) is 5.97 Å². The first-order valence-corrected chi connectivity index (χ1v) is 11.4. The Labute approximate surface area is 182 Å². The molecule has 1 N–H and O–H groups in total. The third-order valence-electron chi connectivity index (χ3n) is 5.05. The lowest BCUT2D eigenvalue weighted by Crippen LogP contribution is -2.50. The van der Waals surface area contributed by atoms with Gasteiger partial charge >= 0.3 is 5.97 Å². The zero-order valence-electron chi connectivity index (χ0n) is 17.4. The highest BCUT2D eigenvalue weighted by Gasteiger charge is 2.26. The van der Waals surface area contributed by atoms with Crippen LogP contribution in [0.1, 0.15) is 35.5 Å². The van der Waals surface area contributed by atoms with Gasteiger partial charge < -0.3 is 15.0 Å². The van der Waals surface area contributed by atoms with E-state index < -0.39 is 0 Å². The van der Waals surface area contributed by atoms with E-state index in [2.05, 4.69) is 22.0 Å². The van der Waals surface area contributed by atoms with E-state index in [1.165, 1.54) is 6.42 Å². The zero-order chi connectivity index (χ0) is 20.8. The number of nitrogens with one attached hydrogen (secondary N) is 1. The van der Waals surface area contributed by atoms with Crippen molar-refractivity contribution in [3.63, 3.8) is 0 Å². The van der Waals surface area contributed by atoms with Crippen molar-refractivity contribution < 1.29 is 9.53 Å². The molecule has 1 saturated heterocycles. The van der Waals surface area contributed by atoms with Crippen molar-refractivity contribution >= 4 is 39.6 Å². The lowest BCUT2D eigenvalue weighted by Gasteiger charge is -2.36. The minimum absolute atomic E-state index is 0.311. The average molecular weight is 432 g/mol. The maximum atomic E-state index is 12.8. The molecule has 0 radical (unpaired) electrons. The van der Waals surface area contributed by atoms with Gasteiger partial charge in [0, 0.05) is 36.6 Å². The molecule has 1 aliphatic heterocycles. The zero-order valence-corrected chi connectivity index (χ0v) is 19.0. The van der Waals surface area contributed by atoms with Gasteiger partial charge in [0.05, 0.1) is 6.61 Å². The first kappa shape index (κ1) is 21.7. The fourth-order valence-electron chi connectivity index (χ4n) is 3.65. The molecule has 1 aromatic heterocycles. The summed E-state index contributed by atoms with van der Waals surface area (Å²) in [5.41, 5.74) is 2.51. The lowest BCUT2D eigenvalue weighted by molar-refractivity contribution is 0.0529. The molecule has 0 atom stereocenters. The van der Waals surface area contributed by atoms with Crippen LogP contribution >= 0.6 is 23.6 Å². The number of nitrogens with zero attached hydrogens (tertiary/aromatic N) is 2. The number of benzene rings is 1. The summed E-state index contributed by atoms with van der Waals surface area (Å²) >= 11 is 7.24. The van der Waals surface area contributed by atoms with Crippen molar-refractivity contribution in [2.24, 2.45) is 0 Å². The third-order valence-corrected chi connectivity index (χ3v) is 6.43. The van der Waals surface area contributed by atoms with Crippen molar-refractivity contribution in [1.29, 1.82) is 0 Å². The molecule has 29 heavy (non-hydrogen) atoms. The fourth-order valence-corrected chi connectivity index (χ4v) is 5.06. The molecule has 2 heterocycles. The van der Waals surface area contributed by atoms with Crippen LogP contribution < -0.4 is 5.32 Å². The predicted molar refractivity (Wildman–Crippen MR) is 125 cm³/mol. The number of carbonyl (C=O) groups excluding carboxylic acids is 1. The van der Waals surface area contributed by atoms with Gasteiger partial charge in [-0.1, -0.05) is 37.3 Å². The second kappa shape index (κ2) is 10.2. The summed E-state index contributed by atoms with van der Waals surface area (Å²) in [6.07, 6.45) is 1.17. The highest BCUT2D eigenvalue weighted by molar-refractivity contribution is 7.80. The molecule has 3 rings (SSSR count). The third kappa shape index (κ3) is 5.15. The van der Waals surface area contributed by atoms with E-state index in [0.29, 0.717) is 17.3 Å². The monoisotopic (exact) mass is 431 g/mol. The van der Waals surface area contributed by atoms with Gasteiger partial charge in [0.15, 0.2) is 5.11 Å². The van der Waals surface area contributed by atoms with Gasteiger partial charge in [0.2, 0.25) is 0 Å². The summed E-state index contributed by atoms with van der Waals surface area (Å²) in [5, 5.41) is 4.79. The summed E-state index contributed by atoms with van der Waals surface area (Å²) in [4.78, 5) is 18.5. The number of anilines is 1. The fraction of sp³-hybridized carbons (Fsp3) is 0.455. The largest absolute Gasteiger partial charge is 0.462 e. The van der Waals surface area contributed by atoms with E-state index >= 15 is 0 Å². The van der Waals surface area contributed by atoms with Gasteiger partial charge in [-0.2, -0.15) is 0 Å². The summed E-state index contributed by atoms with van der Waals surface area (Å²) in [6, 6.07) is 9.98. The number of piperazine rings is 1. The van der Waals surface area contributed by atoms with E-state index in [4.69, 9.17) is 17.0 Å². The Hall–Kier alpha value is -1.96. The molecule has 156 valence electrons. The Morgan fingerprint density at radius 2 is 1.86 bits per heavy atom. The Morgan fingerprint density at radius 3 is 2.48 bits per heavy atom. The number of aryl methyl sites for hydroxylation is 1. The molecule has 0 spiro atoms. The number of thiocarbonyl (C=S) groups is 1. The number of ether oxygens (including phenoxy) is 1. The molecular formula is C22H29N3O2S2. The average Bonchev–Trinajstić information content (AvgIpc) is 3.05. The van der Waals surface area contributed by atoms with Crippen molar-refractivity contribution in [2.75, 3.05) is 44.6 Å². The second-order valence-corrected chi connectivity index (χ2v) is 8.69. The number of hydrogen-bond donors (Lipinski definition) is 1. The highest BCUT2D eigenvalue weighted by Crippen LogP contribution is 2.40. The standard InChI is InChI=1S/C22H29N3O2S2/c1-4-11-24-12-14-25(15-13-24)22(28)23-20-19(21(26)27-5-2)18(16(3)29-20)17-9-7-6-8-10-17/h6-10H,4-5,11-15H2,1-3H3,(H,23,28). The van der Waals surface area contributed by atoms with Crippen molar-refractivity contribution in [1.82, 2.24) is 9.80 Å². The Morgan fingerprint density at radius 1 is 1.17 bits per heavy atom. The van der Waals surface area contributed by atoms with Gasteiger partial charge in [0.25, 0.3) is 0 Å². The van der Waals surface area contributed by atoms with Crippen molar-refractivity contribution in [3.05, 3.63) is 40.8 Å². The molecule has 0 unspecified atom stereocenters. The predicted octanol–water partition coefficient (Wildman–Crippen LogP) is 4.62. The van der Waals surface area contributed by atoms with Gasteiger partial charge in [-0.25, -0.2) is 4.79 Å². The van der Waals surface area contributed by atoms with Gasteiger partial charge in [-0.3, -0.25) is 4.90 Å². The van der Waals surface area contributed by atoms with Crippen LogP contribution in [-0.2, 0) is 4.74 Å². The molecule has 0 bridgehead atoms. The molecular weight excluding hydrogens is 402 g/mol. The van der Waals surface area contributed by atoms with E-state index in [1.807, 2.05) is 44.2 Å². The van der Waals surface area contributed by atoms with Crippen LogP contribution in [-0.4, -0.2) is 60.2 Å². The minimum atomic E-state index is -0.311. The summed E-state index contributed by atoms with van der Waals surface area (Å²) in [6.45, 7) is 11.4. The number of esters is 1. The summed E-state index contributed by atoms with van der Waals surface area (Å²) in [5.74, 6) is -0.311. The number of rotatable bonds is 6. The quantitative estimate of drug-likeness (QED) is 0.532. The Bertz CT molecular complexity index is 843. The maximum Gasteiger partial charge on any atom is 0.341 e. The van der Waals surface area contributed by atoms with Crippen LogP contribution in [0, 0.1) is 6.92 Å². The van der Waals surface area contributed by atoms with Crippen LogP contribution in [0.4, 0.5) is 5.00 Å². The summed E-state index contributed by atoms with van der Waals surface area (Å²) < 4.78 is 5.38. The van der Waals surface area contributed by atoms with Gasteiger partial charge in [-0.05, 0) is 44.6 Å². The maximum absolute atomic E-state index is 12.8. The molecule has 0 saturated carbocycles. The second-order valence-electron chi connectivity index (χ2n) is 7.08. The molecule has 7 heteroatoms. The summed E-state index contributed by atoms with van der Waals surface area (Å²) in [7, 11) is 0. The van der Waals surface area contributed by atoms with Crippen LogP contribution in [0.5, 0.6) is 0 Å². The van der Waals surface area contributed by atoms with Gasteiger partial charge in [-0.15, -0.1) is 11.3 Å². The minimum Gasteiger partial charge on any atom is -0.462 e. The topological polar surface area (TPSA) is 44.8 Å². The van der Waals surface area contributed by atoms with Crippen LogP contribution in [0.3, 0.4) is 0 Å². The smallest absolute Gasteiger partial charge is 0.341 e. The molecule has 1 fully saturated rings. The van der Waals surface area contributed by atoms with Crippen molar-refractivity contribution in [3.8, 4) is 11.1 Å². The number of hydrogen-bond acceptors (Lipinski definition) is 5. The van der Waals surface area contributed by atoms with Crippen LogP contribution in [0.2, 0.25) is 0 Å². The number of carbonyl (C=O) groups is 1. The Balaban J connectivity index is 1.84. The SMILES string of the molecule is CCCN1CCN(C(=S)Nc2sc(C)c(-c3ccccc3)c2C(=O)OCC)CC1. The molecule has 0 amide bonds. The van der Waals surface area contributed by atoms with E-state index in [0.717, 1.165) is 53.7 Å².